The molecule has 0 spiro atoms. The van der Waals surface area contributed by atoms with E-state index in [0.717, 1.165) is 5.56 Å². The summed E-state index contributed by atoms with van der Waals surface area (Å²) < 4.78 is 10.9. The highest BCUT2D eigenvalue weighted by molar-refractivity contribution is 5.45. The molecule has 2 rings (SSSR count). The fraction of sp³-hybridized carbons (Fsp3) is 0.188. The summed E-state index contributed by atoms with van der Waals surface area (Å²) in [6, 6.07) is 14.7. The zero-order valence-corrected chi connectivity index (χ0v) is 11.5. The van der Waals surface area contributed by atoms with Crippen molar-refractivity contribution in [3.63, 3.8) is 0 Å². The van der Waals surface area contributed by atoms with Gasteiger partial charge >= 0.3 is 0 Å². The average molecular weight is 268 g/mol. The molecule has 2 aromatic rings. The second kappa shape index (κ2) is 6.09. The molecule has 1 atom stereocenters. The van der Waals surface area contributed by atoms with Gasteiger partial charge in [0.05, 0.1) is 18.7 Å². The molecule has 2 aromatic carbocycles. The number of rotatable bonds is 4. The Bertz CT molecular complexity index is 628. The molecule has 0 amide bonds. The van der Waals surface area contributed by atoms with Gasteiger partial charge in [-0.1, -0.05) is 12.1 Å². The summed E-state index contributed by atoms with van der Waals surface area (Å²) >= 11 is 0. The van der Waals surface area contributed by atoms with Gasteiger partial charge in [-0.05, 0) is 36.8 Å². The van der Waals surface area contributed by atoms with Gasteiger partial charge in [0.1, 0.15) is 17.2 Å². The van der Waals surface area contributed by atoms with Gasteiger partial charge < -0.3 is 15.2 Å². The van der Waals surface area contributed by atoms with Crippen molar-refractivity contribution in [2.75, 3.05) is 7.11 Å². The lowest BCUT2D eigenvalue weighted by molar-refractivity contribution is 0.409. The number of hydrogen-bond acceptors (Lipinski definition) is 4. The van der Waals surface area contributed by atoms with Crippen LogP contribution in [-0.4, -0.2) is 7.11 Å². The van der Waals surface area contributed by atoms with E-state index in [4.69, 9.17) is 20.5 Å². The maximum absolute atomic E-state index is 8.97. The van der Waals surface area contributed by atoms with Gasteiger partial charge in [-0.2, -0.15) is 5.26 Å². The summed E-state index contributed by atoms with van der Waals surface area (Å²) in [7, 11) is 1.55. The minimum Gasteiger partial charge on any atom is -0.497 e. The molecule has 102 valence electrons. The number of nitrogens with zero attached hydrogens (tertiary/aromatic N) is 1. The fourth-order valence-electron chi connectivity index (χ4n) is 1.79. The molecule has 0 aliphatic rings. The molecule has 0 aliphatic carbocycles. The Morgan fingerprint density at radius 1 is 1.05 bits per heavy atom. The molecule has 0 unspecified atom stereocenters. The maximum Gasteiger partial charge on any atom is 0.132 e. The first-order chi connectivity index (χ1) is 9.62. The van der Waals surface area contributed by atoms with E-state index in [-0.39, 0.29) is 6.04 Å². The van der Waals surface area contributed by atoms with Gasteiger partial charge in [0, 0.05) is 12.1 Å². The van der Waals surface area contributed by atoms with E-state index in [1.807, 2.05) is 31.2 Å². The lowest BCUT2D eigenvalue weighted by atomic mass is 10.1. The standard InChI is InChI=1S/C16H16N2O2/c1-11(18)13-3-5-14(6-4-13)20-16-8-12(10-17)7-15(9-16)19-2/h3-9,11H,18H2,1-2H3/t11-/m0/s1. The van der Waals surface area contributed by atoms with Gasteiger partial charge in [-0.25, -0.2) is 0 Å². The van der Waals surface area contributed by atoms with Gasteiger partial charge in [-0.15, -0.1) is 0 Å². The topological polar surface area (TPSA) is 68.3 Å². The van der Waals surface area contributed by atoms with Crippen LogP contribution in [0.3, 0.4) is 0 Å². The third-order valence-electron chi connectivity index (χ3n) is 2.89. The van der Waals surface area contributed by atoms with E-state index >= 15 is 0 Å². The molecule has 0 fully saturated rings. The van der Waals surface area contributed by atoms with Crippen molar-refractivity contribution in [3.05, 3.63) is 53.6 Å². The molecule has 0 radical (unpaired) electrons. The Morgan fingerprint density at radius 2 is 1.70 bits per heavy atom. The molecule has 0 saturated carbocycles. The first kappa shape index (κ1) is 13.9. The summed E-state index contributed by atoms with van der Waals surface area (Å²) in [4.78, 5) is 0. The van der Waals surface area contributed by atoms with Crippen LogP contribution in [0.5, 0.6) is 17.2 Å². The van der Waals surface area contributed by atoms with E-state index in [2.05, 4.69) is 6.07 Å². The first-order valence-corrected chi connectivity index (χ1v) is 6.25. The van der Waals surface area contributed by atoms with Crippen molar-refractivity contribution in [1.82, 2.24) is 0 Å². The molecular weight excluding hydrogens is 252 g/mol. The van der Waals surface area contributed by atoms with E-state index in [0.29, 0.717) is 22.8 Å². The Hall–Kier alpha value is -2.51. The Labute approximate surface area is 118 Å². The quantitative estimate of drug-likeness (QED) is 0.923. The number of ether oxygens (including phenoxy) is 2. The van der Waals surface area contributed by atoms with E-state index in [1.165, 1.54) is 0 Å². The third kappa shape index (κ3) is 3.28. The lowest BCUT2D eigenvalue weighted by Gasteiger charge is -2.10. The van der Waals surface area contributed by atoms with Crippen molar-refractivity contribution in [3.8, 4) is 23.3 Å². The van der Waals surface area contributed by atoms with Crippen LogP contribution in [-0.2, 0) is 0 Å². The Kier molecular flexibility index (Phi) is 4.24. The van der Waals surface area contributed by atoms with Crippen LogP contribution >= 0.6 is 0 Å². The number of hydrogen-bond donors (Lipinski definition) is 1. The summed E-state index contributed by atoms with van der Waals surface area (Å²) in [6.07, 6.45) is 0. The summed E-state index contributed by atoms with van der Waals surface area (Å²) in [5.74, 6) is 1.84. The molecule has 20 heavy (non-hydrogen) atoms. The van der Waals surface area contributed by atoms with Gasteiger partial charge in [-0.3, -0.25) is 0 Å². The summed E-state index contributed by atoms with van der Waals surface area (Å²) in [6.45, 7) is 1.93. The lowest BCUT2D eigenvalue weighted by Crippen LogP contribution is -2.04. The van der Waals surface area contributed by atoms with Gasteiger partial charge in [0.15, 0.2) is 0 Å². The van der Waals surface area contributed by atoms with Gasteiger partial charge in [0.25, 0.3) is 0 Å². The second-order valence-corrected chi connectivity index (χ2v) is 4.47. The Balaban J connectivity index is 2.23. The Morgan fingerprint density at radius 3 is 2.25 bits per heavy atom. The van der Waals surface area contributed by atoms with Crippen LogP contribution in [0.15, 0.2) is 42.5 Å². The molecule has 0 saturated heterocycles. The third-order valence-corrected chi connectivity index (χ3v) is 2.89. The van der Waals surface area contributed by atoms with Crippen LogP contribution in [0, 0.1) is 11.3 Å². The van der Waals surface area contributed by atoms with Crippen molar-refractivity contribution in [2.24, 2.45) is 5.73 Å². The van der Waals surface area contributed by atoms with Crippen molar-refractivity contribution >= 4 is 0 Å². The van der Waals surface area contributed by atoms with Crippen LogP contribution in [0.25, 0.3) is 0 Å². The number of benzene rings is 2. The van der Waals surface area contributed by atoms with Crippen LogP contribution in [0.4, 0.5) is 0 Å². The molecule has 0 aliphatic heterocycles. The first-order valence-electron chi connectivity index (χ1n) is 6.25. The zero-order valence-electron chi connectivity index (χ0n) is 11.5. The molecule has 2 N–H and O–H groups in total. The fourth-order valence-corrected chi connectivity index (χ4v) is 1.79. The maximum atomic E-state index is 8.97. The molecule has 4 heteroatoms. The van der Waals surface area contributed by atoms with E-state index in [9.17, 15) is 0 Å². The highest BCUT2D eigenvalue weighted by Gasteiger charge is 2.04. The number of nitrogens with two attached hydrogens (primary N) is 1. The highest BCUT2D eigenvalue weighted by Crippen LogP contribution is 2.27. The average Bonchev–Trinajstić information content (AvgIpc) is 2.47. The van der Waals surface area contributed by atoms with Crippen molar-refractivity contribution in [1.29, 1.82) is 5.26 Å². The molecular formula is C16H16N2O2. The van der Waals surface area contributed by atoms with Crippen LogP contribution in [0.1, 0.15) is 24.1 Å². The summed E-state index contributed by atoms with van der Waals surface area (Å²) in [5.41, 5.74) is 7.33. The van der Waals surface area contributed by atoms with Crippen LogP contribution in [0.2, 0.25) is 0 Å². The summed E-state index contributed by atoms with van der Waals surface area (Å²) in [5, 5.41) is 8.97. The zero-order chi connectivity index (χ0) is 14.5. The highest BCUT2D eigenvalue weighted by atomic mass is 16.5. The minimum atomic E-state index is -0.00828. The van der Waals surface area contributed by atoms with Crippen molar-refractivity contribution in [2.45, 2.75) is 13.0 Å². The largest absolute Gasteiger partial charge is 0.497 e. The van der Waals surface area contributed by atoms with E-state index in [1.54, 1.807) is 25.3 Å². The van der Waals surface area contributed by atoms with Crippen molar-refractivity contribution < 1.29 is 9.47 Å². The smallest absolute Gasteiger partial charge is 0.132 e. The second-order valence-electron chi connectivity index (χ2n) is 4.47. The minimum absolute atomic E-state index is 0.00828. The molecule has 4 nitrogen and oxygen atoms in total. The molecule has 0 aromatic heterocycles. The van der Waals surface area contributed by atoms with Crippen LogP contribution < -0.4 is 15.2 Å². The van der Waals surface area contributed by atoms with Gasteiger partial charge in [0.2, 0.25) is 0 Å². The number of methoxy groups -OCH3 is 1. The molecule has 0 heterocycles. The van der Waals surface area contributed by atoms with E-state index < -0.39 is 0 Å². The monoisotopic (exact) mass is 268 g/mol. The predicted octanol–water partition coefficient (Wildman–Crippen LogP) is 3.38. The number of nitriles is 1. The SMILES string of the molecule is COc1cc(C#N)cc(Oc2ccc([C@H](C)N)cc2)c1. The molecule has 0 bridgehead atoms. The predicted molar refractivity (Wildman–Crippen MR) is 76.8 cm³/mol. The normalized spacial score (nSPS) is 11.5.